The van der Waals surface area contributed by atoms with Gasteiger partial charge in [0.05, 0.1) is 0 Å². The average molecular weight is 354 g/mol. The number of nitrogens with one attached hydrogen (secondary N) is 1. The highest BCUT2D eigenvalue weighted by Gasteiger charge is 2.11. The second kappa shape index (κ2) is 7.25. The fraction of sp³-hybridized carbons (Fsp3) is 0.375. The third kappa shape index (κ3) is 4.62. The zero-order chi connectivity index (χ0) is 14.5. The van der Waals surface area contributed by atoms with E-state index in [1.807, 2.05) is 12.1 Å². The van der Waals surface area contributed by atoms with Crippen LogP contribution < -0.4 is 5.32 Å². The quantitative estimate of drug-likeness (QED) is 0.774. The number of benzene rings is 1. The van der Waals surface area contributed by atoms with Gasteiger partial charge in [-0.05, 0) is 66.4 Å². The van der Waals surface area contributed by atoms with E-state index in [-0.39, 0.29) is 0 Å². The van der Waals surface area contributed by atoms with Gasteiger partial charge in [0, 0.05) is 26.8 Å². The van der Waals surface area contributed by atoms with Crippen molar-refractivity contribution in [3.05, 3.63) is 50.6 Å². The van der Waals surface area contributed by atoms with E-state index in [9.17, 15) is 5.11 Å². The Balaban J connectivity index is 1.80. The molecule has 20 heavy (non-hydrogen) atoms. The van der Waals surface area contributed by atoms with E-state index in [2.05, 4.69) is 46.5 Å². The Morgan fingerprint density at radius 2 is 1.95 bits per heavy atom. The van der Waals surface area contributed by atoms with E-state index >= 15 is 0 Å². The van der Waals surface area contributed by atoms with Crippen LogP contribution in [0.2, 0.25) is 0 Å². The number of phenols is 1. The molecule has 2 unspecified atom stereocenters. The highest BCUT2D eigenvalue weighted by Crippen LogP contribution is 2.25. The Morgan fingerprint density at radius 1 is 1.25 bits per heavy atom. The first kappa shape index (κ1) is 15.5. The molecule has 2 N–H and O–H groups in total. The van der Waals surface area contributed by atoms with Crippen molar-refractivity contribution in [2.45, 2.75) is 38.8 Å². The van der Waals surface area contributed by atoms with Crippen molar-refractivity contribution in [2.75, 3.05) is 0 Å². The molecule has 4 heteroatoms. The zero-order valence-electron chi connectivity index (χ0n) is 11.8. The molecule has 0 aliphatic rings. The summed E-state index contributed by atoms with van der Waals surface area (Å²) in [6.45, 7) is 4.43. The van der Waals surface area contributed by atoms with E-state index in [0.717, 1.165) is 17.3 Å². The Labute approximate surface area is 133 Å². The second-order valence-corrected chi connectivity index (χ2v) is 7.02. The van der Waals surface area contributed by atoms with E-state index < -0.39 is 0 Å². The Morgan fingerprint density at radius 3 is 2.55 bits per heavy atom. The molecular formula is C16H20BrNOS. The predicted octanol–water partition coefficient (Wildman–Crippen LogP) is 4.89. The molecule has 0 aliphatic heterocycles. The van der Waals surface area contributed by atoms with Crippen LogP contribution in [-0.4, -0.2) is 11.1 Å². The summed E-state index contributed by atoms with van der Waals surface area (Å²) in [5, 5.41) is 15.0. The van der Waals surface area contributed by atoms with Gasteiger partial charge in [-0.3, -0.25) is 0 Å². The van der Waals surface area contributed by atoms with Gasteiger partial charge in [0.15, 0.2) is 0 Å². The molecule has 0 radical (unpaired) electrons. The molecule has 2 atom stereocenters. The lowest BCUT2D eigenvalue weighted by Gasteiger charge is -2.19. The summed E-state index contributed by atoms with van der Waals surface area (Å²) >= 11 is 5.27. The maximum Gasteiger partial charge on any atom is 0.115 e. The van der Waals surface area contributed by atoms with Crippen molar-refractivity contribution in [2.24, 2.45) is 0 Å². The van der Waals surface area contributed by atoms with Gasteiger partial charge in [-0.2, -0.15) is 0 Å². The van der Waals surface area contributed by atoms with Gasteiger partial charge in [-0.25, -0.2) is 0 Å². The largest absolute Gasteiger partial charge is 0.508 e. The minimum absolute atomic E-state index is 0.330. The van der Waals surface area contributed by atoms with Crippen LogP contribution in [-0.2, 0) is 6.42 Å². The van der Waals surface area contributed by atoms with Crippen molar-refractivity contribution in [3.63, 3.8) is 0 Å². The molecule has 0 bridgehead atoms. The lowest BCUT2D eigenvalue weighted by molar-refractivity contribution is 0.459. The standard InChI is InChI=1S/C16H20BrNOS/c1-11(3-4-13-5-7-15(19)8-6-13)18-12(2)16-9-14(17)10-20-16/h5-12,18-19H,3-4H2,1-2H3. The van der Waals surface area contributed by atoms with Crippen LogP contribution in [0, 0.1) is 0 Å². The van der Waals surface area contributed by atoms with Crippen molar-refractivity contribution >= 4 is 27.3 Å². The lowest BCUT2D eigenvalue weighted by Crippen LogP contribution is -2.28. The van der Waals surface area contributed by atoms with E-state index in [4.69, 9.17) is 0 Å². The summed E-state index contributed by atoms with van der Waals surface area (Å²) in [7, 11) is 0. The maximum atomic E-state index is 9.27. The number of hydrogen-bond acceptors (Lipinski definition) is 3. The van der Waals surface area contributed by atoms with Crippen molar-refractivity contribution < 1.29 is 5.11 Å². The molecule has 0 aliphatic carbocycles. The van der Waals surface area contributed by atoms with Gasteiger partial charge >= 0.3 is 0 Å². The molecule has 2 aromatic rings. The maximum absolute atomic E-state index is 9.27. The molecule has 2 nitrogen and oxygen atoms in total. The minimum atomic E-state index is 0.330. The van der Waals surface area contributed by atoms with Crippen LogP contribution in [0.5, 0.6) is 5.75 Å². The first-order valence-electron chi connectivity index (χ1n) is 6.82. The number of thiophene rings is 1. The summed E-state index contributed by atoms with van der Waals surface area (Å²) in [5.41, 5.74) is 1.27. The van der Waals surface area contributed by atoms with Crippen molar-refractivity contribution in [1.82, 2.24) is 5.32 Å². The van der Waals surface area contributed by atoms with Crippen LogP contribution in [0.4, 0.5) is 0 Å². The molecular weight excluding hydrogens is 334 g/mol. The second-order valence-electron chi connectivity index (χ2n) is 5.16. The van der Waals surface area contributed by atoms with Gasteiger partial charge < -0.3 is 10.4 Å². The summed E-state index contributed by atoms with van der Waals surface area (Å²) in [6.07, 6.45) is 2.11. The minimum Gasteiger partial charge on any atom is -0.508 e. The fourth-order valence-electron chi connectivity index (χ4n) is 2.19. The highest BCUT2D eigenvalue weighted by atomic mass is 79.9. The number of aryl methyl sites for hydroxylation is 1. The lowest BCUT2D eigenvalue weighted by atomic mass is 10.1. The highest BCUT2D eigenvalue weighted by molar-refractivity contribution is 9.10. The molecule has 0 spiro atoms. The number of rotatable bonds is 6. The van der Waals surface area contributed by atoms with Gasteiger partial charge in [-0.15, -0.1) is 11.3 Å². The van der Waals surface area contributed by atoms with E-state index in [0.29, 0.717) is 17.8 Å². The molecule has 1 heterocycles. The Hall–Kier alpha value is -0.840. The van der Waals surface area contributed by atoms with Gasteiger partial charge in [0.2, 0.25) is 0 Å². The summed E-state index contributed by atoms with van der Waals surface area (Å²) in [4.78, 5) is 1.35. The van der Waals surface area contributed by atoms with Crippen LogP contribution in [0.1, 0.15) is 36.8 Å². The van der Waals surface area contributed by atoms with E-state index in [1.165, 1.54) is 10.4 Å². The molecule has 2 rings (SSSR count). The Bertz CT molecular complexity index is 538. The van der Waals surface area contributed by atoms with Crippen LogP contribution in [0.15, 0.2) is 40.2 Å². The first-order valence-corrected chi connectivity index (χ1v) is 8.49. The van der Waals surface area contributed by atoms with Crippen molar-refractivity contribution in [3.8, 4) is 5.75 Å². The number of phenolic OH excluding ortho intramolecular Hbond substituents is 1. The molecule has 0 saturated carbocycles. The molecule has 0 amide bonds. The van der Waals surface area contributed by atoms with Gasteiger partial charge in [-0.1, -0.05) is 12.1 Å². The topological polar surface area (TPSA) is 32.3 Å². The smallest absolute Gasteiger partial charge is 0.115 e. The van der Waals surface area contributed by atoms with Crippen LogP contribution in [0.25, 0.3) is 0 Å². The fourth-order valence-corrected chi connectivity index (χ4v) is 3.66. The van der Waals surface area contributed by atoms with Gasteiger partial charge in [0.1, 0.15) is 5.75 Å². The molecule has 0 saturated heterocycles. The predicted molar refractivity (Wildman–Crippen MR) is 89.5 cm³/mol. The zero-order valence-corrected chi connectivity index (χ0v) is 14.2. The molecule has 108 valence electrons. The third-order valence-corrected chi connectivity index (χ3v) is 5.23. The van der Waals surface area contributed by atoms with E-state index in [1.54, 1.807) is 23.5 Å². The average Bonchev–Trinajstić information content (AvgIpc) is 2.85. The molecule has 1 aromatic heterocycles. The van der Waals surface area contributed by atoms with Crippen molar-refractivity contribution in [1.29, 1.82) is 0 Å². The van der Waals surface area contributed by atoms with Crippen LogP contribution >= 0.6 is 27.3 Å². The molecule has 1 aromatic carbocycles. The summed E-state index contributed by atoms with van der Waals surface area (Å²) in [5.74, 6) is 0.330. The number of halogens is 1. The summed E-state index contributed by atoms with van der Waals surface area (Å²) in [6, 6.07) is 10.5. The number of aromatic hydroxyl groups is 1. The van der Waals surface area contributed by atoms with Gasteiger partial charge in [0.25, 0.3) is 0 Å². The first-order chi connectivity index (χ1) is 9.54. The third-order valence-electron chi connectivity index (χ3n) is 3.35. The SMILES string of the molecule is CC(CCc1ccc(O)cc1)NC(C)c1cc(Br)cs1. The Kier molecular flexibility index (Phi) is 5.64. The summed E-state index contributed by atoms with van der Waals surface area (Å²) < 4.78 is 1.16. The molecule has 0 fully saturated rings. The number of hydrogen-bond donors (Lipinski definition) is 2. The van der Waals surface area contributed by atoms with Crippen LogP contribution in [0.3, 0.4) is 0 Å². The monoisotopic (exact) mass is 353 g/mol. The normalized spacial score (nSPS) is 14.2.